The number of hydrogen-bond acceptors (Lipinski definition) is 3. The minimum atomic E-state index is -1.37. The fourth-order valence-electron chi connectivity index (χ4n) is 0.962. The molecule has 1 rings (SSSR count). The molecule has 0 aromatic heterocycles. The van der Waals surface area contributed by atoms with E-state index in [9.17, 15) is 9.90 Å². The van der Waals surface area contributed by atoms with Crippen LogP contribution >= 0.6 is 23.2 Å². The average Bonchev–Trinajstić information content (AvgIpc) is 2.15. The Labute approximate surface area is 91.2 Å². The van der Waals surface area contributed by atoms with Crippen LogP contribution in [0.25, 0.3) is 0 Å². The molecule has 0 saturated heterocycles. The first-order chi connectivity index (χ1) is 6.56. The molecule has 1 atom stereocenters. The van der Waals surface area contributed by atoms with E-state index in [4.69, 9.17) is 23.2 Å². The summed E-state index contributed by atoms with van der Waals surface area (Å²) in [6, 6.07) is 4.46. The Morgan fingerprint density at radius 2 is 2.14 bits per heavy atom. The second kappa shape index (κ2) is 4.64. The molecule has 3 nitrogen and oxygen atoms in total. The number of carbonyl (C=O) groups excluding carboxylic acids is 1. The summed E-state index contributed by atoms with van der Waals surface area (Å²) in [6.07, 6.45) is -1.37. The van der Waals surface area contributed by atoms with Gasteiger partial charge in [0.05, 0.1) is 7.11 Å². The van der Waals surface area contributed by atoms with Gasteiger partial charge in [0.2, 0.25) is 0 Å². The molecular weight excluding hydrogens is 227 g/mol. The third-order valence-corrected chi connectivity index (χ3v) is 2.24. The molecule has 0 aliphatic heterocycles. The lowest BCUT2D eigenvalue weighted by Gasteiger charge is -2.10. The van der Waals surface area contributed by atoms with Crippen LogP contribution in [0.1, 0.15) is 11.7 Å². The van der Waals surface area contributed by atoms with E-state index in [0.717, 1.165) is 0 Å². The van der Waals surface area contributed by atoms with Gasteiger partial charge in [-0.25, -0.2) is 4.79 Å². The normalized spacial score (nSPS) is 12.3. The number of methoxy groups -OCH3 is 1. The summed E-state index contributed by atoms with van der Waals surface area (Å²) in [7, 11) is 1.19. The molecule has 1 unspecified atom stereocenters. The van der Waals surface area contributed by atoms with Crippen molar-refractivity contribution in [1.82, 2.24) is 0 Å². The largest absolute Gasteiger partial charge is 0.467 e. The van der Waals surface area contributed by atoms with E-state index in [1.807, 2.05) is 0 Å². The number of aliphatic hydroxyl groups is 1. The van der Waals surface area contributed by atoms with E-state index in [1.54, 1.807) is 0 Å². The van der Waals surface area contributed by atoms with Crippen molar-refractivity contribution >= 4 is 29.2 Å². The van der Waals surface area contributed by atoms with Crippen molar-refractivity contribution in [3.8, 4) is 0 Å². The van der Waals surface area contributed by atoms with Crippen molar-refractivity contribution in [1.29, 1.82) is 0 Å². The summed E-state index contributed by atoms with van der Waals surface area (Å²) in [4.78, 5) is 11.0. The Balaban J connectivity index is 3.01. The number of halogens is 2. The molecule has 0 bridgehead atoms. The summed E-state index contributed by atoms with van der Waals surface area (Å²) in [5.41, 5.74) is 0.280. The summed E-state index contributed by atoms with van der Waals surface area (Å²) in [5.74, 6) is -0.755. The molecule has 1 aromatic rings. The van der Waals surface area contributed by atoms with Crippen molar-refractivity contribution in [3.63, 3.8) is 0 Å². The molecular formula is C9H8Cl2O3. The van der Waals surface area contributed by atoms with Gasteiger partial charge in [0.15, 0.2) is 6.10 Å². The zero-order valence-corrected chi connectivity index (χ0v) is 8.84. The maximum Gasteiger partial charge on any atom is 0.339 e. The fourth-order valence-corrected chi connectivity index (χ4v) is 1.47. The molecule has 0 heterocycles. The zero-order chi connectivity index (χ0) is 10.7. The molecule has 0 radical (unpaired) electrons. The van der Waals surface area contributed by atoms with Gasteiger partial charge in [0.1, 0.15) is 0 Å². The van der Waals surface area contributed by atoms with E-state index >= 15 is 0 Å². The standard InChI is InChI=1S/C9H8Cl2O3/c1-14-9(13)8(12)6-3-2-5(10)4-7(6)11/h2-4,8,12H,1H3. The number of esters is 1. The summed E-state index contributed by atoms with van der Waals surface area (Å²) < 4.78 is 4.37. The number of rotatable bonds is 2. The highest BCUT2D eigenvalue weighted by Crippen LogP contribution is 2.26. The van der Waals surface area contributed by atoms with Gasteiger partial charge in [-0.2, -0.15) is 0 Å². The van der Waals surface area contributed by atoms with Crippen molar-refractivity contribution in [2.75, 3.05) is 7.11 Å². The SMILES string of the molecule is COC(=O)C(O)c1ccc(Cl)cc1Cl. The second-order valence-electron chi connectivity index (χ2n) is 2.59. The van der Waals surface area contributed by atoms with E-state index < -0.39 is 12.1 Å². The van der Waals surface area contributed by atoms with Gasteiger partial charge in [0.25, 0.3) is 0 Å². The number of hydrogen-bond donors (Lipinski definition) is 1. The minimum absolute atomic E-state index is 0.232. The highest BCUT2D eigenvalue weighted by molar-refractivity contribution is 6.35. The van der Waals surface area contributed by atoms with Crippen LogP contribution in [-0.2, 0) is 9.53 Å². The van der Waals surface area contributed by atoms with Gasteiger partial charge in [-0.3, -0.25) is 0 Å². The van der Waals surface area contributed by atoms with Gasteiger partial charge < -0.3 is 9.84 Å². The van der Waals surface area contributed by atoms with Gasteiger partial charge in [-0.05, 0) is 12.1 Å². The predicted molar refractivity (Wildman–Crippen MR) is 53.4 cm³/mol. The maximum atomic E-state index is 11.0. The lowest BCUT2D eigenvalue weighted by Crippen LogP contribution is -2.13. The van der Waals surface area contributed by atoms with Crippen molar-refractivity contribution in [2.24, 2.45) is 0 Å². The van der Waals surface area contributed by atoms with Crippen LogP contribution in [0.2, 0.25) is 10.0 Å². The van der Waals surface area contributed by atoms with Crippen LogP contribution in [0.3, 0.4) is 0 Å². The molecule has 1 aromatic carbocycles. The van der Waals surface area contributed by atoms with E-state index in [-0.39, 0.29) is 10.6 Å². The molecule has 0 fully saturated rings. The monoisotopic (exact) mass is 234 g/mol. The quantitative estimate of drug-likeness (QED) is 0.799. The molecule has 0 spiro atoms. The molecule has 0 saturated carbocycles. The Hall–Kier alpha value is -0.770. The first-order valence-corrected chi connectivity index (χ1v) is 4.52. The molecule has 5 heteroatoms. The number of carbonyl (C=O) groups is 1. The third kappa shape index (κ3) is 2.38. The molecule has 0 aliphatic rings. The Morgan fingerprint density at radius 1 is 1.50 bits per heavy atom. The van der Waals surface area contributed by atoms with Crippen LogP contribution in [0.15, 0.2) is 18.2 Å². The number of aliphatic hydroxyl groups excluding tert-OH is 1. The average molecular weight is 235 g/mol. The Kier molecular flexibility index (Phi) is 3.75. The molecule has 14 heavy (non-hydrogen) atoms. The fraction of sp³-hybridized carbons (Fsp3) is 0.222. The third-order valence-electron chi connectivity index (χ3n) is 1.68. The maximum absolute atomic E-state index is 11.0. The Morgan fingerprint density at radius 3 is 2.64 bits per heavy atom. The molecule has 76 valence electrons. The lowest BCUT2D eigenvalue weighted by atomic mass is 10.1. The second-order valence-corrected chi connectivity index (χ2v) is 3.44. The van der Waals surface area contributed by atoms with Gasteiger partial charge in [-0.15, -0.1) is 0 Å². The van der Waals surface area contributed by atoms with Crippen LogP contribution in [0, 0.1) is 0 Å². The topological polar surface area (TPSA) is 46.5 Å². The first kappa shape index (κ1) is 11.3. The van der Waals surface area contributed by atoms with Crippen molar-refractivity contribution in [3.05, 3.63) is 33.8 Å². The van der Waals surface area contributed by atoms with E-state index in [0.29, 0.717) is 5.02 Å². The van der Waals surface area contributed by atoms with Crippen LogP contribution < -0.4 is 0 Å². The van der Waals surface area contributed by atoms with Gasteiger partial charge in [-0.1, -0.05) is 29.3 Å². The number of benzene rings is 1. The molecule has 0 aliphatic carbocycles. The highest BCUT2D eigenvalue weighted by Gasteiger charge is 2.20. The minimum Gasteiger partial charge on any atom is -0.467 e. The van der Waals surface area contributed by atoms with Crippen LogP contribution in [0.5, 0.6) is 0 Å². The first-order valence-electron chi connectivity index (χ1n) is 3.77. The molecule has 1 N–H and O–H groups in total. The predicted octanol–water partition coefficient (Wildman–Crippen LogP) is 2.20. The smallest absolute Gasteiger partial charge is 0.339 e. The van der Waals surface area contributed by atoms with E-state index in [2.05, 4.69) is 4.74 Å². The highest BCUT2D eigenvalue weighted by atomic mass is 35.5. The van der Waals surface area contributed by atoms with Gasteiger partial charge >= 0.3 is 5.97 Å². The summed E-state index contributed by atoms with van der Waals surface area (Å²) >= 11 is 11.4. The van der Waals surface area contributed by atoms with Crippen molar-refractivity contribution in [2.45, 2.75) is 6.10 Å². The zero-order valence-electron chi connectivity index (χ0n) is 7.33. The number of ether oxygens (including phenoxy) is 1. The Bertz CT molecular complexity index is 352. The molecule has 0 amide bonds. The van der Waals surface area contributed by atoms with Crippen LogP contribution in [0.4, 0.5) is 0 Å². The van der Waals surface area contributed by atoms with Crippen LogP contribution in [-0.4, -0.2) is 18.2 Å². The van der Waals surface area contributed by atoms with Crippen molar-refractivity contribution < 1.29 is 14.6 Å². The summed E-state index contributed by atoms with van der Waals surface area (Å²) in [6.45, 7) is 0. The van der Waals surface area contributed by atoms with E-state index in [1.165, 1.54) is 25.3 Å². The van der Waals surface area contributed by atoms with Gasteiger partial charge in [0, 0.05) is 15.6 Å². The summed E-state index contributed by atoms with van der Waals surface area (Å²) in [5, 5.41) is 10.1. The lowest BCUT2D eigenvalue weighted by molar-refractivity contribution is -0.150.